The van der Waals surface area contributed by atoms with Crippen molar-refractivity contribution in [1.29, 1.82) is 15.8 Å². The van der Waals surface area contributed by atoms with Crippen LogP contribution in [-0.2, 0) is 0 Å². The Kier molecular flexibility index (Phi) is 3.93. The predicted octanol–water partition coefficient (Wildman–Crippen LogP) is 3.26. The normalized spacial score (nSPS) is 9.54. The molecule has 0 saturated heterocycles. The summed E-state index contributed by atoms with van der Waals surface area (Å²) in [6, 6.07) is 20.3. The third-order valence-corrected chi connectivity index (χ3v) is 3.46. The average molecular weight is 310 g/mol. The highest BCUT2D eigenvalue weighted by molar-refractivity contribution is 5.80. The van der Waals surface area contributed by atoms with Gasteiger partial charge >= 0.3 is 0 Å². The lowest BCUT2D eigenvalue weighted by Gasteiger charge is -2.12. The van der Waals surface area contributed by atoms with E-state index < -0.39 is 0 Å². The van der Waals surface area contributed by atoms with E-state index in [-0.39, 0.29) is 11.3 Å². The average Bonchev–Trinajstić information content (AvgIpc) is 3.06. The van der Waals surface area contributed by atoms with Crippen molar-refractivity contribution in [1.82, 2.24) is 9.55 Å². The Hall–Kier alpha value is -4.08. The molecule has 1 N–H and O–H groups in total. The van der Waals surface area contributed by atoms with Crippen LogP contribution in [0.25, 0.3) is 16.7 Å². The van der Waals surface area contributed by atoms with Crippen LogP contribution in [0.15, 0.2) is 66.1 Å². The minimum atomic E-state index is -0.261. The molecule has 0 fully saturated rings. The molecule has 6 nitrogen and oxygen atoms in total. The number of benzene rings is 2. The molecule has 112 valence electrons. The molecular weight excluding hydrogens is 300 g/mol. The van der Waals surface area contributed by atoms with Crippen LogP contribution in [-0.4, -0.2) is 9.55 Å². The maximum Gasteiger partial charge on any atom is 0.163 e. The molecule has 3 rings (SSSR count). The fourth-order valence-electron chi connectivity index (χ4n) is 2.36. The molecule has 0 spiro atoms. The number of nitrogens with zero attached hydrogens (tertiary/aromatic N) is 5. The molecule has 24 heavy (non-hydrogen) atoms. The summed E-state index contributed by atoms with van der Waals surface area (Å²) in [5, 5.41) is 30.0. The molecule has 0 unspecified atom stereocenters. The summed E-state index contributed by atoms with van der Waals surface area (Å²) in [4.78, 5) is 4.36. The van der Waals surface area contributed by atoms with Crippen molar-refractivity contribution >= 4 is 16.7 Å². The molecule has 0 bridgehead atoms. The van der Waals surface area contributed by atoms with Gasteiger partial charge in [0.2, 0.25) is 0 Å². The first-order valence-corrected chi connectivity index (χ1v) is 7.01. The van der Waals surface area contributed by atoms with Gasteiger partial charge in [-0.15, -0.1) is 0 Å². The number of hydrogen-bond acceptors (Lipinski definition) is 5. The molecule has 1 heterocycles. The second-order valence-corrected chi connectivity index (χ2v) is 4.83. The summed E-state index contributed by atoms with van der Waals surface area (Å²) in [5.41, 5.74) is 2.77. The summed E-state index contributed by atoms with van der Waals surface area (Å²) in [7, 11) is 0. The Morgan fingerprint density at radius 3 is 2.38 bits per heavy atom. The number of rotatable bonds is 3. The van der Waals surface area contributed by atoms with Crippen molar-refractivity contribution in [3.63, 3.8) is 0 Å². The number of fused-ring (bicyclic) bond motifs is 1. The standard InChI is InChI=1S/C18H10N6/c19-9-13(10-20)16(11-21)23-15-6-2-4-8-18(15)24-12-22-14-5-1-3-7-17(14)24/h1-8,12,23H. The number of hydrogen-bond donors (Lipinski definition) is 1. The zero-order valence-corrected chi connectivity index (χ0v) is 12.4. The predicted molar refractivity (Wildman–Crippen MR) is 88.6 cm³/mol. The Balaban J connectivity index is 2.14. The maximum absolute atomic E-state index is 9.22. The Morgan fingerprint density at radius 2 is 1.62 bits per heavy atom. The Bertz CT molecular complexity index is 1050. The van der Waals surface area contributed by atoms with Gasteiger partial charge in [0.25, 0.3) is 0 Å². The van der Waals surface area contributed by atoms with Crippen molar-refractivity contribution in [3.8, 4) is 23.9 Å². The molecule has 0 saturated carbocycles. The van der Waals surface area contributed by atoms with Crippen LogP contribution >= 0.6 is 0 Å². The summed E-state index contributed by atoms with van der Waals surface area (Å²) in [5.74, 6) is 0. The van der Waals surface area contributed by atoms with Gasteiger partial charge in [0, 0.05) is 0 Å². The van der Waals surface area contributed by atoms with Gasteiger partial charge in [-0.25, -0.2) is 4.98 Å². The zero-order chi connectivity index (χ0) is 16.9. The van der Waals surface area contributed by atoms with Crippen molar-refractivity contribution in [2.45, 2.75) is 0 Å². The van der Waals surface area contributed by atoms with Crippen LogP contribution in [0.2, 0.25) is 0 Å². The molecule has 0 amide bonds. The second kappa shape index (κ2) is 6.36. The van der Waals surface area contributed by atoms with E-state index in [0.29, 0.717) is 5.69 Å². The molecular formula is C18H10N6. The van der Waals surface area contributed by atoms with Gasteiger partial charge in [-0.05, 0) is 24.3 Å². The lowest BCUT2D eigenvalue weighted by Crippen LogP contribution is -2.04. The molecule has 0 aliphatic rings. The Labute approximate surface area is 138 Å². The molecule has 0 aliphatic heterocycles. The quantitative estimate of drug-likeness (QED) is 0.748. The van der Waals surface area contributed by atoms with E-state index in [4.69, 9.17) is 10.5 Å². The van der Waals surface area contributed by atoms with Gasteiger partial charge in [0.05, 0.1) is 22.4 Å². The van der Waals surface area contributed by atoms with E-state index in [0.717, 1.165) is 16.7 Å². The number of para-hydroxylation sites is 4. The molecule has 0 radical (unpaired) electrons. The van der Waals surface area contributed by atoms with Gasteiger partial charge in [-0.3, -0.25) is 4.57 Å². The number of allylic oxidation sites excluding steroid dienone is 2. The fourth-order valence-corrected chi connectivity index (χ4v) is 2.36. The van der Waals surface area contributed by atoms with Crippen LogP contribution in [0.5, 0.6) is 0 Å². The first-order chi connectivity index (χ1) is 11.8. The van der Waals surface area contributed by atoms with Gasteiger partial charge < -0.3 is 5.32 Å². The maximum atomic E-state index is 9.22. The van der Waals surface area contributed by atoms with E-state index in [1.54, 1.807) is 30.6 Å². The largest absolute Gasteiger partial charge is 0.343 e. The summed E-state index contributed by atoms with van der Waals surface area (Å²) in [6.07, 6.45) is 1.69. The molecule has 0 atom stereocenters. The second-order valence-electron chi connectivity index (χ2n) is 4.83. The summed E-state index contributed by atoms with van der Waals surface area (Å²) in [6.45, 7) is 0. The molecule has 1 aromatic heterocycles. The molecule has 0 aliphatic carbocycles. The van der Waals surface area contributed by atoms with Gasteiger partial charge in [0.15, 0.2) is 5.57 Å². The first kappa shape index (κ1) is 14.8. The van der Waals surface area contributed by atoms with E-state index in [1.165, 1.54) is 0 Å². The fraction of sp³-hybridized carbons (Fsp3) is 0. The van der Waals surface area contributed by atoms with Crippen LogP contribution in [0.1, 0.15) is 0 Å². The van der Waals surface area contributed by atoms with Crippen molar-refractivity contribution < 1.29 is 0 Å². The lowest BCUT2D eigenvalue weighted by atomic mass is 10.2. The third kappa shape index (κ3) is 2.54. The molecule has 3 aromatic rings. The van der Waals surface area contributed by atoms with E-state index in [2.05, 4.69) is 10.3 Å². The van der Waals surface area contributed by atoms with Crippen LogP contribution in [0, 0.1) is 34.0 Å². The molecule has 6 heteroatoms. The highest BCUT2D eigenvalue weighted by atomic mass is 15.1. The van der Waals surface area contributed by atoms with Crippen molar-refractivity contribution in [2.75, 3.05) is 5.32 Å². The number of aromatic nitrogens is 2. The molecule has 2 aromatic carbocycles. The van der Waals surface area contributed by atoms with E-state index >= 15 is 0 Å². The minimum Gasteiger partial charge on any atom is -0.343 e. The lowest BCUT2D eigenvalue weighted by molar-refractivity contribution is 1.09. The Morgan fingerprint density at radius 1 is 0.917 bits per heavy atom. The number of nitriles is 3. The number of nitrogens with one attached hydrogen (secondary N) is 1. The smallest absolute Gasteiger partial charge is 0.163 e. The van der Waals surface area contributed by atoms with Crippen LogP contribution in [0.4, 0.5) is 5.69 Å². The van der Waals surface area contributed by atoms with Gasteiger partial charge in [-0.2, -0.15) is 15.8 Å². The third-order valence-electron chi connectivity index (χ3n) is 3.46. The van der Waals surface area contributed by atoms with Crippen LogP contribution < -0.4 is 5.32 Å². The highest BCUT2D eigenvalue weighted by Gasteiger charge is 2.11. The van der Waals surface area contributed by atoms with E-state index in [9.17, 15) is 5.26 Å². The highest BCUT2D eigenvalue weighted by Crippen LogP contribution is 2.25. The first-order valence-electron chi connectivity index (χ1n) is 7.01. The summed E-state index contributed by atoms with van der Waals surface area (Å²) < 4.78 is 1.88. The van der Waals surface area contributed by atoms with Crippen molar-refractivity contribution in [3.05, 3.63) is 66.1 Å². The summed E-state index contributed by atoms with van der Waals surface area (Å²) >= 11 is 0. The minimum absolute atomic E-state index is 0.0862. The number of imidazole rings is 1. The van der Waals surface area contributed by atoms with Crippen molar-refractivity contribution in [2.24, 2.45) is 0 Å². The number of anilines is 1. The monoisotopic (exact) mass is 310 g/mol. The SMILES string of the molecule is N#CC(C#N)=C(C#N)Nc1ccccc1-n1cnc2ccccc21. The van der Waals surface area contributed by atoms with E-state index in [1.807, 2.05) is 47.0 Å². The topological polar surface area (TPSA) is 101 Å². The van der Waals surface area contributed by atoms with Gasteiger partial charge in [-0.1, -0.05) is 24.3 Å². The van der Waals surface area contributed by atoms with Gasteiger partial charge in [0.1, 0.15) is 30.2 Å². The van der Waals surface area contributed by atoms with Crippen LogP contribution in [0.3, 0.4) is 0 Å². The zero-order valence-electron chi connectivity index (χ0n) is 12.4.